The van der Waals surface area contributed by atoms with E-state index in [1.807, 2.05) is 25.1 Å². The summed E-state index contributed by atoms with van der Waals surface area (Å²) in [5.74, 6) is -0.179. The van der Waals surface area contributed by atoms with Crippen LogP contribution in [0.4, 0.5) is 0 Å². The van der Waals surface area contributed by atoms with Gasteiger partial charge >= 0.3 is 5.97 Å². The van der Waals surface area contributed by atoms with Crippen molar-refractivity contribution in [1.82, 2.24) is 4.90 Å². The minimum absolute atomic E-state index is 0.0663. The van der Waals surface area contributed by atoms with Crippen molar-refractivity contribution in [3.63, 3.8) is 0 Å². The molecule has 1 amide bonds. The molecule has 0 spiro atoms. The molecule has 0 radical (unpaired) electrons. The van der Waals surface area contributed by atoms with Crippen LogP contribution in [-0.4, -0.2) is 37.5 Å². The third kappa shape index (κ3) is 6.17. The van der Waals surface area contributed by atoms with Crippen LogP contribution < -0.4 is 0 Å². The number of methoxy groups -OCH3 is 1. The number of ether oxygens (including phenoxy) is 1. The van der Waals surface area contributed by atoms with Gasteiger partial charge in [0.2, 0.25) is 5.91 Å². The van der Waals surface area contributed by atoms with E-state index in [1.165, 1.54) is 7.11 Å². The summed E-state index contributed by atoms with van der Waals surface area (Å²) in [6.45, 7) is 2.51. The van der Waals surface area contributed by atoms with Gasteiger partial charge in [0.05, 0.1) is 7.11 Å². The van der Waals surface area contributed by atoms with Crippen molar-refractivity contribution in [3.05, 3.63) is 34.3 Å². The van der Waals surface area contributed by atoms with E-state index < -0.39 is 0 Å². The van der Waals surface area contributed by atoms with Gasteiger partial charge in [-0.25, -0.2) is 0 Å². The summed E-state index contributed by atoms with van der Waals surface area (Å²) in [5.41, 5.74) is 2.09. The Morgan fingerprint density at radius 2 is 2.00 bits per heavy atom. The number of carbonyl (C=O) groups is 2. The fraction of sp³-hybridized carbons (Fsp3) is 0.500. The molecular formula is C16H22ClNO3. The number of halogens is 1. The van der Waals surface area contributed by atoms with Gasteiger partial charge in [-0.1, -0.05) is 23.7 Å². The predicted molar refractivity (Wildman–Crippen MR) is 83.4 cm³/mol. The number of hydrogen-bond donors (Lipinski definition) is 0. The third-order valence-electron chi connectivity index (χ3n) is 3.39. The van der Waals surface area contributed by atoms with Crippen molar-refractivity contribution in [3.8, 4) is 0 Å². The minimum Gasteiger partial charge on any atom is -0.469 e. The van der Waals surface area contributed by atoms with Gasteiger partial charge < -0.3 is 9.64 Å². The van der Waals surface area contributed by atoms with Crippen LogP contribution in [0.25, 0.3) is 0 Å². The molecule has 4 nitrogen and oxygen atoms in total. The molecule has 0 aliphatic rings. The van der Waals surface area contributed by atoms with Crippen LogP contribution in [0.3, 0.4) is 0 Å². The van der Waals surface area contributed by atoms with E-state index >= 15 is 0 Å². The molecule has 0 fully saturated rings. The Labute approximate surface area is 131 Å². The van der Waals surface area contributed by atoms with Gasteiger partial charge in [-0.05, 0) is 37.0 Å². The highest BCUT2D eigenvalue weighted by molar-refractivity contribution is 6.31. The number of benzene rings is 1. The number of nitrogens with zero attached hydrogens (tertiary/aromatic N) is 1. The van der Waals surface area contributed by atoms with Crippen molar-refractivity contribution in [2.75, 3.05) is 20.7 Å². The Kier molecular flexibility index (Phi) is 7.23. The molecule has 0 unspecified atom stereocenters. The summed E-state index contributed by atoms with van der Waals surface area (Å²) >= 11 is 6.06. The maximum atomic E-state index is 12.0. The molecule has 116 valence electrons. The zero-order valence-corrected chi connectivity index (χ0v) is 13.6. The van der Waals surface area contributed by atoms with E-state index in [0.717, 1.165) is 16.1 Å². The lowest BCUT2D eigenvalue weighted by Crippen LogP contribution is -2.28. The zero-order valence-electron chi connectivity index (χ0n) is 12.8. The van der Waals surface area contributed by atoms with E-state index in [1.54, 1.807) is 11.9 Å². The second-order valence-electron chi connectivity index (χ2n) is 5.08. The van der Waals surface area contributed by atoms with E-state index in [2.05, 4.69) is 4.74 Å². The molecule has 1 rings (SSSR count). The van der Waals surface area contributed by atoms with Gasteiger partial charge in [-0.2, -0.15) is 0 Å². The van der Waals surface area contributed by atoms with Crippen molar-refractivity contribution in [1.29, 1.82) is 0 Å². The number of esters is 1. The van der Waals surface area contributed by atoms with Gasteiger partial charge in [0.1, 0.15) is 0 Å². The number of amides is 1. The summed E-state index contributed by atoms with van der Waals surface area (Å²) in [5, 5.41) is 0.728. The van der Waals surface area contributed by atoms with Gasteiger partial charge in [0, 0.05) is 31.5 Å². The molecule has 1 aromatic carbocycles. The number of hydrogen-bond acceptors (Lipinski definition) is 3. The van der Waals surface area contributed by atoms with E-state index in [-0.39, 0.29) is 11.9 Å². The molecule has 0 aliphatic carbocycles. The Hall–Kier alpha value is -1.55. The average molecular weight is 312 g/mol. The molecule has 0 N–H and O–H groups in total. The first-order valence-corrected chi connectivity index (χ1v) is 7.37. The van der Waals surface area contributed by atoms with Crippen LogP contribution in [0.1, 0.15) is 30.4 Å². The molecule has 0 saturated carbocycles. The fourth-order valence-corrected chi connectivity index (χ4v) is 2.12. The monoisotopic (exact) mass is 311 g/mol. The highest BCUT2D eigenvalue weighted by atomic mass is 35.5. The van der Waals surface area contributed by atoms with Crippen LogP contribution in [-0.2, 0) is 20.7 Å². The first kappa shape index (κ1) is 17.5. The fourth-order valence-electron chi connectivity index (χ4n) is 1.92. The SMILES string of the molecule is COC(=O)CCCN(C)C(=O)CCc1ccc(C)c(Cl)c1. The van der Waals surface area contributed by atoms with Gasteiger partial charge in [-0.15, -0.1) is 0 Å². The topological polar surface area (TPSA) is 46.6 Å². The molecule has 0 bridgehead atoms. The third-order valence-corrected chi connectivity index (χ3v) is 3.80. The summed E-state index contributed by atoms with van der Waals surface area (Å²) in [7, 11) is 3.12. The number of rotatable bonds is 7. The molecular weight excluding hydrogens is 290 g/mol. The largest absolute Gasteiger partial charge is 0.469 e. The van der Waals surface area contributed by atoms with Gasteiger partial charge in [0.25, 0.3) is 0 Å². The lowest BCUT2D eigenvalue weighted by molar-refractivity contribution is -0.141. The highest BCUT2D eigenvalue weighted by Crippen LogP contribution is 2.17. The zero-order chi connectivity index (χ0) is 15.8. The quantitative estimate of drug-likeness (QED) is 0.727. The smallest absolute Gasteiger partial charge is 0.305 e. The first-order chi connectivity index (χ1) is 9.93. The van der Waals surface area contributed by atoms with Crippen molar-refractivity contribution >= 4 is 23.5 Å². The van der Waals surface area contributed by atoms with Crippen molar-refractivity contribution in [2.45, 2.75) is 32.6 Å². The van der Waals surface area contributed by atoms with E-state index in [0.29, 0.717) is 32.2 Å². The maximum Gasteiger partial charge on any atom is 0.305 e. The summed E-state index contributed by atoms with van der Waals surface area (Å²) in [6.07, 6.45) is 2.06. The Morgan fingerprint density at radius 1 is 1.29 bits per heavy atom. The Bertz CT molecular complexity index is 502. The number of aryl methyl sites for hydroxylation is 2. The molecule has 0 heterocycles. The van der Waals surface area contributed by atoms with Crippen molar-refractivity contribution < 1.29 is 14.3 Å². The second-order valence-corrected chi connectivity index (χ2v) is 5.49. The first-order valence-electron chi connectivity index (χ1n) is 7.00. The lowest BCUT2D eigenvalue weighted by Gasteiger charge is -2.16. The van der Waals surface area contributed by atoms with Crippen LogP contribution in [0, 0.1) is 6.92 Å². The van der Waals surface area contributed by atoms with Gasteiger partial charge in [0.15, 0.2) is 0 Å². The predicted octanol–water partition coefficient (Wildman–Crippen LogP) is 2.99. The van der Waals surface area contributed by atoms with E-state index in [9.17, 15) is 9.59 Å². The maximum absolute atomic E-state index is 12.0. The lowest BCUT2D eigenvalue weighted by atomic mass is 10.1. The summed E-state index contributed by atoms with van der Waals surface area (Å²) < 4.78 is 4.56. The molecule has 1 aromatic rings. The minimum atomic E-state index is -0.245. The summed E-state index contributed by atoms with van der Waals surface area (Å²) in [4.78, 5) is 24.6. The van der Waals surface area contributed by atoms with Crippen molar-refractivity contribution in [2.24, 2.45) is 0 Å². The van der Waals surface area contributed by atoms with Crippen LogP contribution in [0.2, 0.25) is 5.02 Å². The molecule has 5 heteroatoms. The standard InChI is InChI=1S/C16H22ClNO3/c1-12-6-7-13(11-14(12)17)8-9-15(19)18(2)10-4-5-16(20)21-3/h6-7,11H,4-5,8-10H2,1-3H3. The number of carbonyl (C=O) groups excluding carboxylic acids is 2. The van der Waals surface area contributed by atoms with Crippen LogP contribution in [0.5, 0.6) is 0 Å². The second kappa shape index (κ2) is 8.67. The Morgan fingerprint density at radius 3 is 2.62 bits per heavy atom. The van der Waals surface area contributed by atoms with E-state index in [4.69, 9.17) is 11.6 Å². The van der Waals surface area contributed by atoms with Gasteiger partial charge in [-0.3, -0.25) is 9.59 Å². The molecule has 21 heavy (non-hydrogen) atoms. The highest BCUT2D eigenvalue weighted by Gasteiger charge is 2.10. The van der Waals surface area contributed by atoms with Crippen LogP contribution in [0.15, 0.2) is 18.2 Å². The molecule has 0 aliphatic heterocycles. The summed E-state index contributed by atoms with van der Waals surface area (Å²) in [6, 6.07) is 5.86. The average Bonchev–Trinajstić information content (AvgIpc) is 2.47. The van der Waals surface area contributed by atoms with Crippen LogP contribution >= 0.6 is 11.6 Å². The normalized spacial score (nSPS) is 10.3. The molecule has 0 saturated heterocycles. The molecule has 0 aromatic heterocycles. The Balaban J connectivity index is 2.35. The molecule has 0 atom stereocenters.